The molecule has 0 atom stereocenters. The van der Waals surface area contributed by atoms with Crippen LogP contribution in [0.3, 0.4) is 0 Å². The third-order valence-electron chi connectivity index (χ3n) is 6.50. The molecular formula is C29H23IN2O6S. The Labute approximate surface area is 242 Å². The lowest BCUT2D eigenvalue weighted by Crippen LogP contribution is -2.44. The number of carboxylic acids is 1. The summed E-state index contributed by atoms with van der Waals surface area (Å²) in [5.41, 5.74) is 4.07. The highest BCUT2D eigenvalue weighted by Gasteiger charge is 2.37. The van der Waals surface area contributed by atoms with Gasteiger partial charge in [-0.2, -0.15) is 0 Å². The molecule has 39 heavy (non-hydrogen) atoms. The van der Waals surface area contributed by atoms with Crippen molar-refractivity contribution in [2.75, 3.05) is 13.1 Å². The second kappa shape index (κ2) is 11.6. The number of carbonyl (C=O) groups excluding carboxylic acids is 3. The molecule has 2 aliphatic rings. The molecule has 3 amide bonds. The zero-order valence-corrected chi connectivity index (χ0v) is 23.6. The van der Waals surface area contributed by atoms with Crippen molar-refractivity contribution in [3.05, 3.63) is 103 Å². The molecule has 0 aromatic heterocycles. The highest BCUT2D eigenvalue weighted by atomic mass is 127. The van der Waals surface area contributed by atoms with Gasteiger partial charge in [-0.25, -0.2) is 4.79 Å². The Balaban J connectivity index is 1.21. The number of halogens is 1. The predicted octanol–water partition coefficient (Wildman–Crippen LogP) is 5.19. The number of carbonyl (C=O) groups is 4. The fourth-order valence-electron chi connectivity index (χ4n) is 4.36. The average molecular weight is 654 g/mol. The van der Waals surface area contributed by atoms with Crippen molar-refractivity contribution >= 4 is 63.5 Å². The quantitative estimate of drug-likeness (QED) is 0.276. The van der Waals surface area contributed by atoms with Gasteiger partial charge in [0.05, 0.1) is 14.0 Å². The molecule has 8 nitrogen and oxygen atoms in total. The third kappa shape index (κ3) is 6.17. The van der Waals surface area contributed by atoms with Gasteiger partial charge in [-0.1, -0.05) is 42.5 Å². The second-order valence-electron chi connectivity index (χ2n) is 9.08. The maximum Gasteiger partial charge on any atom is 0.335 e. The lowest BCUT2D eigenvalue weighted by molar-refractivity contribution is -0.136. The molecule has 1 saturated heterocycles. The number of ether oxygens (including phenoxy) is 1. The Hall–Kier alpha value is -3.64. The molecule has 5 rings (SSSR count). The molecule has 1 N–H and O–H groups in total. The molecule has 198 valence electrons. The first-order valence-corrected chi connectivity index (χ1v) is 14.0. The lowest BCUT2D eigenvalue weighted by Gasteiger charge is -2.29. The zero-order chi connectivity index (χ0) is 27.5. The van der Waals surface area contributed by atoms with E-state index in [0.717, 1.165) is 43.3 Å². The molecule has 0 aliphatic carbocycles. The van der Waals surface area contributed by atoms with Crippen LogP contribution < -0.4 is 4.74 Å². The molecule has 0 spiro atoms. The largest absolute Gasteiger partial charge is 0.488 e. The smallest absolute Gasteiger partial charge is 0.335 e. The SMILES string of the molecule is O=C(O)c1ccc(COc2ccc(/C=C3\SC(=O)N(CC(=O)N4CCc5ccccc5C4)C3=O)cc2I)cc1. The minimum absolute atomic E-state index is 0.212. The van der Waals surface area contributed by atoms with Gasteiger partial charge in [0.2, 0.25) is 5.91 Å². The summed E-state index contributed by atoms with van der Waals surface area (Å²) in [4.78, 5) is 52.5. The zero-order valence-electron chi connectivity index (χ0n) is 20.6. The van der Waals surface area contributed by atoms with E-state index in [1.54, 1.807) is 35.2 Å². The highest BCUT2D eigenvalue weighted by molar-refractivity contribution is 14.1. The molecule has 0 bridgehead atoms. The van der Waals surface area contributed by atoms with Gasteiger partial charge in [-0.3, -0.25) is 19.3 Å². The summed E-state index contributed by atoms with van der Waals surface area (Å²) in [5.74, 6) is -1.07. The molecule has 2 heterocycles. The van der Waals surface area contributed by atoms with Crippen LogP contribution in [0.25, 0.3) is 6.08 Å². The minimum Gasteiger partial charge on any atom is -0.488 e. The Kier molecular flexibility index (Phi) is 8.03. The van der Waals surface area contributed by atoms with Gasteiger partial charge in [-0.15, -0.1) is 0 Å². The van der Waals surface area contributed by atoms with Crippen molar-refractivity contribution in [2.45, 2.75) is 19.6 Å². The Morgan fingerprint density at radius 2 is 1.77 bits per heavy atom. The summed E-state index contributed by atoms with van der Waals surface area (Å²) >= 11 is 2.96. The summed E-state index contributed by atoms with van der Waals surface area (Å²) in [5, 5.41) is 8.56. The Morgan fingerprint density at radius 1 is 1.03 bits per heavy atom. The normalized spacial score (nSPS) is 16.0. The Morgan fingerprint density at radius 3 is 2.49 bits per heavy atom. The number of nitrogens with zero attached hydrogens (tertiary/aromatic N) is 2. The molecule has 1 fully saturated rings. The first kappa shape index (κ1) is 26.9. The molecule has 3 aromatic carbocycles. The molecular weight excluding hydrogens is 631 g/mol. The van der Waals surface area contributed by atoms with Gasteiger partial charge < -0.3 is 14.7 Å². The van der Waals surface area contributed by atoms with E-state index in [1.165, 1.54) is 17.7 Å². The fourth-order valence-corrected chi connectivity index (χ4v) is 5.89. The summed E-state index contributed by atoms with van der Waals surface area (Å²) in [6.45, 7) is 1.02. The van der Waals surface area contributed by atoms with Gasteiger partial charge in [0.1, 0.15) is 18.9 Å². The topological polar surface area (TPSA) is 104 Å². The molecule has 0 unspecified atom stereocenters. The number of amides is 3. The van der Waals surface area contributed by atoms with E-state index in [9.17, 15) is 19.2 Å². The fraction of sp³-hybridized carbons (Fsp3) is 0.172. The van der Waals surface area contributed by atoms with Crippen molar-refractivity contribution in [3.63, 3.8) is 0 Å². The number of imide groups is 1. The number of hydrogen-bond acceptors (Lipinski definition) is 6. The standard InChI is InChI=1S/C29H23IN2O6S/c30-23-13-19(7-10-24(23)38-17-18-5-8-21(9-6-18)28(35)36)14-25-27(34)32(29(37)39-25)16-26(33)31-12-11-20-3-1-2-4-22(20)15-31/h1-10,13-14H,11-12,15-17H2,(H,35,36)/b25-14-. The molecule has 2 aliphatic heterocycles. The van der Waals surface area contributed by atoms with E-state index in [2.05, 4.69) is 28.7 Å². The van der Waals surface area contributed by atoms with E-state index in [4.69, 9.17) is 9.84 Å². The van der Waals surface area contributed by atoms with E-state index in [-0.39, 0.29) is 29.5 Å². The minimum atomic E-state index is -0.981. The van der Waals surface area contributed by atoms with E-state index in [1.807, 2.05) is 24.3 Å². The maximum absolute atomic E-state index is 13.0. The summed E-state index contributed by atoms with van der Waals surface area (Å²) in [6.07, 6.45) is 2.39. The molecule has 3 aromatic rings. The first-order valence-electron chi connectivity index (χ1n) is 12.1. The van der Waals surface area contributed by atoms with Crippen molar-refractivity contribution < 1.29 is 29.0 Å². The van der Waals surface area contributed by atoms with E-state index in [0.29, 0.717) is 18.8 Å². The Bertz CT molecular complexity index is 1500. The van der Waals surface area contributed by atoms with Crippen LogP contribution in [0, 0.1) is 3.57 Å². The number of fused-ring (bicyclic) bond motifs is 1. The number of aromatic carboxylic acids is 1. The van der Waals surface area contributed by atoms with Crippen molar-refractivity contribution in [2.24, 2.45) is 0 Å². The maximum atomic E-state index is 13.0. The van der Waals surface area contributed by atoms with E-state index < -0.39 is 17.1 Å². The second-order valence-corrected chi connectivity index (χ2v) is 11.2. The van der Waals surface area contributed by atoms with Gasteiger partial charge in [-0.05, 0) is 93.4 Å². The van der Waals surface area contributed by atoms with Crippen LogP contribution in [0.15, 0.2) is 71.6 Å². The van der Waals surface area contributed by atoms with Crippen LogP contribution in [0.5, 0.6) is 5.75 Å². The molecule has 10 heteroatoms. The van der Waals surface area contributed by atoms with Crippen LogP contribution >= 0.6 is 34.4 Å². The lowest BCUT2D eigenvalue weighted by atomic mass is 10.00. The van der Waals surface area contributed by atoms with Crippen LogP contribution in [0.2, 0.25) is 0 Å². The number of benzene rings is 3. The number of carboxylic acid groups (broad SMARTS) is 1. The van der Waals surface area contributed by atoms with Gasteiger partial charge >= 0.3 is 5.97 Å². The highest BCUT2D eigenvalue weighted by Crippen LogP contribution is 2.33. The van der Waals surface area contributed by atoms with Crippen molar-refractivity contribution in [1.29, 1.82) is 0 Å². The first-order chi connectivity index (χ1) is 18.8. The monoisotopic (exact) mass is 654 g/mol. The van der Waals surface area contributed by atoms with Crippen molar-refractivity contribution in [3.8, 4) is 5.75 Å². The van der Waals surface area contributed by atoms with Crippen LogP contribution in [-0.2, 0) is 29.2 Å². The summed E-state index contributed by atoms with van der Waals surface area (Å²) in [6, 6.07) is 19.8. The van der Waals surface area contributed by atoms with Crippen molar-refractivity contribution in [1.82, 2.24) is 9.80 Å². The number of rotatable bonds is 7. The molecule has 0 saturated carbocycles. The van der Waals surface area contributed by atoms with Gasteiger partial charge in [0.15, 0.2) is 0 Å². The van der Waals surface area contributed by atoms with Gasteiger partial charge in [0.25, 0.3) is 11.1 Å². The summed E-state index contributed by atoms with van der Waals surface area (Å²) < 4.78 is 6.68. The molecule has 0 radical (unpaired) electrons. The predicted molar refractivity (Wildman–Crippen MR) is 155 cm³/mol. The van der Waals surface area contributed by atoms with Gasteiger partial charge in [0, 0.05) is 13.1 Å². The van der Waals surface area contributed by atoms with E-state index >= 15 is 0 Å². The number of hydrogen-bond donors (Lipinski definition) is 1. The van der Waals surface area contributed by atoms with Crippen LogP contribution in [-0.4, -0.2) is 51.0 Å². The summed E-state index contributed by atoms with van der Waals surface area (Å²) in [7, 11) is 0. The number of thioether (sulfide) groups is 1. The third-order valence-corrected chi connectivity index (χ3v) is 8.25. The average Bonchev–Trinajstić information content (AvgIpc) is 3.19. The van der Waals surface area contributed by atoms with Crippen LogP contribution in [0.4, 0.5) is 4.79 Å². The van der Waals surface area contributed by atoms with Crippen LogP contribution in [0.1, 0.15) is 32.6 Å².